The smallest absolute Gasteiger partial charge is 0.248 e. The summed E-state index contributed by atoms with van der Waals surface area (Å²) in [5, 5.41) is 0.630. The molecule has 3 rings (SSSR count). The van der Waals surface area contributed by atoms with Crippen molar-refractivity contribution in [2.45, 2.75) is 6.10 Å². The van der Waals surface area contributed by atoms with Gasteiger partial charge in [0.2, 0.25) is 5.91 Å². The van der Waals surface area contributed by atoms with Gasteiger partial charge in [-0.15, -0.1) is 0 Å². The van der Waals surface area contributed by atoms with Crippen molar-refractivity contribution in [3.05, 3.63) is 47.4 Å². The van der Waals surface area contributed by atoms with E-state index < -0.39 is 0 Å². The molecular weight excluding hydrogens is 330 g/mol. The Balaban J connectivity index is 1.88. The summed E-state index contributed by atoms with van der Waals surface area (Å²) in [6.45, 7) is 1.49. The van der Waals surface area contributed by atoms with Crippen LogP contribution in [0.3, 0.4) is 0 Å². The molecular formula is C17H18ClN3O3. The highest BCUT2D eigenvalue weighted by Gasteiger charge is 2.28. The Morgan fingerprint density at radius 1 is 1.42 bits per heavy atom. The zero-order valence-corrected chi connectivity index (χ0v) is 14.1. The van der Waals surface area contributed by atoms with Crippen molar-refractivity contribution in [2.75, 3.05) is 33.4 Å². The number of hydrogen-bond acceptors (Lipinski definition) is 5. The lowest BCUT2D eigenvalue weighted by Crippen LogP contribution is -2.44. The highest BCUT2D eigenvalue weighted by atomic mass is 35.5. The minimum absolute atomic E-state index is 0.0565. The number of rotatable bonds is 4. The average molecular weight is 348 g/mol. The molecule has 1 aromatic heterocycles. The molecule has 1 saturated heterocycles. The van der Waals surface area contributed by atoms with Gasteiger partial charge in [-0.05, 0) is 12.1 Å². The Hall–Kier alpha value is -2.02. The van der Waals surface area contributed by atoms with Crippen LogP contribution < -0.4 is 0 Å². The summed E-state index contributed by atoms with van der Waals surface area (Å²) >= 11 is 6.09. The molecule has 0 unspecified atom stereocenters. The van der Waals surface area contributed by atoms with Crippen LogP contribution in [0.2, 0.25) is 5.02 Å². The van der Waals surface area contributed by atoms with Crippen LogP contribution in [0.4, 0.5) is 0 Å². The van der Waals surface area contributed by atoms with E-state index in [0.717, 1.165) is 5.56 Å². The van der Waals surface area contributed by atoms with Crippen LogP contribution in [0.25, 0.3) is 11.3 Å². The highest BCUT2D eigenvalue weighted by Crippen LogP contribution is 2.30. The summed E-state index contributed by atoms with van der Waals surface area (Å²) in [6, 6.07) is 7.44. The molecule has 7 heteroatoms. The number of carbonyl (C=O) groups excluding carboxylic acids is 1. The van der Waals surface area contributed by atoms with Gasteiger partial charge in [-0.25, -0.2) is 0 Å². The first-order valence-corrected chi connectivity index (χ1v) is 8.02. The standard InChI is InChI=1S/C17H18ClN3O3/c1-23-11-15(22)21-7-8-24-14(10-21)17-16(19-5-6-20-17)12-3-2-4-13(18)9-12/h2-6,9,14H,7-8,10-11H2,1H3/t14-/m1/s1. The summed E-state index contributed by atoms with van der Waals surface area (Å²) < 4.78 is 10.8. The van der Waals surface area contributed by atoms with Crippen LogP contribution in [0, 0.1) is 0 Å². The van der Waals surface area contributed by atoms with Gasteiger partial charge in [0.15, 0.2) is 0 Å². The molecule has 2 aromatic rings. The van der Waals surface area contributed by atoms with Crippen LogP contribution in [0.1, 0.15) is 11.8 Å². The molecule has 0 spiro atoms. The largest absolute Gasteiger partial charge is 0.375 e. The first-order chi connectivity index (χ1) is 11.7. The second-order valence-electron chi connectivity index (χ2n) is 5.43. The Morgan fingerprint density at radius 3 is 3.04 bits per heavy atom. The van der Waals surface area contributed by atoms with Crippen molar-refractivity contribution in [3.63, 3.8) is 0 Å². The minimum Gasteiger partial charge on any atom is -0.375 e. The van der Waals surface area contributed by atoms with Crippen LogP contribution in [0.5, 0.6) is 0 Å². The molecule has 1 amide bonds. The highest BCUT2D eigenvalue weighted by molar-refractivity contribution is 6.30. The Labute approximate surface area is 145 Å². The van der Waals surface area contributed by atoms with E-state index in [1.165, 1.54) is 7.11 Å². The number of carbonyl (C=O) groups is 1. The summed E-state index contributed by atoms with van der Waals surface area (Å²) in [5.41, 5.74) is 2.29. The van der Waals surface area contributed by atoms with Gasteiger partial charge >= 0.3 is 0 Å². The Kier molecular flexibility index (Phi) is 5.40. The van der Waals surface area contributed by atoms with Gasteiger partial charge in [0.1, 0.15) is 12.7 Å². The van der Waals surface area contributed by atoms with Gasteiger partial charge in [-0.3, -0.25) is 14.8 Å². The maximum absolute atomic E-state index is 12.1. The zero-order valence-electron chi connectivity index (χ0n) is 13.3. The number of nitrogens with zero attached hydrogens (tertiary/aromatic N) is 3. The second kappa shape index (κ2) is 7.70. The van der Waals surface area contributed by atoms with E-state index in [1.807, 2.05) is 24.3 Å². The van der Waals surface area contributed by atoms with E-state index in [2.05, 4.69) is 9.97 Å². The lowest BCUT2D eigenvalue weighted by Gasteiger charge is -2.33. The molecule has 0 N–H and O–H groups in total. The summed E-state index contributed by atoms with van der Waals surface area (Å²) in [4.78, 5) is 22.7. The molecule has 1 aliphatic rings. The fraction of sp³-hybridized carbons (Fsp3) is 0.353. The molecule has 126 valence electrons. The molecule has 0 saturated carbocycles. The first kappa shape index (κ1) is 16.8. The molecule has 1 aliphatic heterocycles. The predicted octanol–water partition coefficient (Wildman–Crippen LogP) is 2.34. The molecule has 2 heterocycles. The molecule has 24 heavy (non-hydrogen) atoms. The third-order valence-electron chi connectivity index (χ3n) is 3.82. The van der Waals surface area contributed by atoms with Crippen LogP contribution in [-0.2, 0) is 14.3 Å². The molecule has 1 atom stereocenters. The molecule has 6 nitrogen and oxygen atoms in total. The van der Waals surface area contributed by atoms with Gasteiger partial charge in [-0.2, -0.15) is 0 Å². The van der Waals surface area contributed by atoms with E-state index in [1.54, 1.807) is 17.3 Å². The molecule has 1 aromatic carbocycles. The normalized spacial score (nSPS) is 17.8. The van der Waals surface area contributed by atoms with Crippen molar-refractivity contribution in [1.82, 2.24) is 14.9 Å². The number of methoxy groups -OCH3 is 1. The van der Waals surface area contributed by atoms with Crippen LogP contribution >= 0.6 is 11.6 Å². The van der Waals surface area contributed by atoms with Crippen LogP contribution in [-0.4, -0.2) is 54.2 Å². The van der Waals surface area contributed by atoms with Crippen molar-refractivity contribution in [3.8, 4) is 11.3 Å². The maximum Gasteiger partial charge on any atom is 0.248 e. The monoisotopic (exact) mass is 347 g/mol. The molecule has 0 bridgehead atoms. The van der Waals surface area contributed by atoms with Gasteiger partial charge in [0.25, 0.3) is 0 Å². The van der Waals surface area contributed by atoms with Gasteiger partial charge < -0.3 is 14.4 Å². The number of amides is 1. The fourth-order valence-corrected chi connectivity index (χ4v) is 2.89. The first-order valence-electron chi connectivity index (χ1n) is 7.64. The van der Waals surface area contributed by atoms with Gasteiger partial charge in [0.05, 0.1) is 24.5 Å². The Bertz CT molecular complexity index is 726. The predicted molar refractivity (Wildman–Crippen MR) is 89.6 cm³/mol. The second-order valence-corrected chi connectivity index (χ2v) is 5.87. The Morgan fingerprint density at radius 2 is 2.25 bits per heavy atom. The van der Waals surface area contributed by atoms with Gasteiger partial charge in [-0.1, -0.05) is 23.7 Å². The average Bonchev–Trinajstić information content (AvgIpc) is 2.62. The topological polar surface area (TPSA) is 64.5 Å². The third kappa shape index (κ3) is 3.72. The number of ether oxygens (including phenoxy) is 2. The number of halogens is 1. The minimum atomic E-state index is -0.331. The fourth-order valence-electron chi connectivity index (χ4n) is 2.70. The molecule has 0 aliphatic carbocycles. The molecule has 0 radical (unpaired) electrons. The maximum atomic E-state index is 12.1. The summed E-state index contributed by atoms with van der Waals surface area (Å²) in [7, 11) is 1.51. The van der Waals surface area contributed by atoms with E-state index in [4.69, 9.17) is 21.1 Å². The van der Waals surface area contributed by atoms with Crippen molar-refractivity contribution >= 4 is 17.5 Å². The van der Waals surface area contributed by atoms with E-state index in [9.17, 15) is 4.79 Å². The zero-order chi connectivity index (χ0) is 16.9. The quantitative estimate of drug-likeness (QED) is 0.849. The van der Waals surface area contributed by atoms with E-state index >= 15 is 0 Å². The number of hydrogen-bond donors (Lipinski definition) is 0. The van der Waals surface area contributed by atoms with Crippen molar-refractivity contribution in [1.29, 1.82) is 0 Å². The lowest BCUT2D eigenvalue weighted by molar-refractivity contribution is -0.143. The van der Waals surface area contributed by atoms with E-state index in [0.29, 0.717) is 36.1 Å². The van der Waals surface area contributed by atoms with Gasteiger partial charge in [0, 0.05) is 36.6 Å². The van der Waals surface area contributed by atoms with Crippen LogP contribution in [0.15, 0.2) is 36.7 Å². The number of aromatic nitrogens is 2. The summed E-state index contributed by atoms with van der Waals surface area (Å²) in [6.07, 6.45) is 2.93. The lowest BCUT2D eigenvalue weighted by atomic mass is 10.1. The van der Waals surface area contributed by atoms with E-state index in [-0.39, 0.29) is 18.6 Å². The number of morpholine rings is 1. The van der Waals surface area contributed by atoms with Crippen molar-refractivity contribution < 1.29 is 14.3 Å². The SMILES string of the molecule is COCC(=O)N1CCO[C@@H](c2nccnc2-c2cccc(Cl)c2)C1. The number of benzene rings is 1. The van der Waals surface area contributed by atoms with Crippen molar-refractivity contribution in [2.24, 2.45) is 0 Å². The third-order valence-corrected chi connectivity index (χ3v) is 4.05. The summed E-state index contributed by atoms with van der Waals surface area (Å²) in [5.74, 6) is -0.0565. The molecule has 1 fully saturated rings.